The predicted molar refractivity (Wildman–Crippen MR) is 219 cm³/mol. The van der Waals surface area contributed by atoms with Gasteiger partial charge in [-0.05, 0) is 63.4 Å². The summed E-state index contributed by atoms with van der Waals surface area (Å²) in [6, 6.07) is 3.28. The van der Waals surface area contributed by atoms with E-state index in [9.17, 15) is 21.6 Å². The third-order valence-electron chi connectivity index (χ3n) is 8.15. The highest BCUT2D eigenvalue weighted by Gasteiger charge is 2.30. The van der Waals surface area contributed by atoms with Crippen LogP contribution in [0.15, 0.2) is 82.5 Å². The topological polar surface area (TPSA) is 203 Å². The number of hydrogen-bond donors (Lipinski definition) is 2. The maximum Gasteiger partial charge on any atom is 0.407 e. The first-order valence-electron chi connectivity index (χ1n) is 16.4. The molecule has 0 aromatic carbocycles. The van der Waals surface area contributed by atoms with Crippen LogP contribution >= 0.6 is 58.3 Å². The summed E-state index contributed by atoms with van der Waals surface area (Å²) < 4.78 is 64.0. The Balaban J connectivity index is 0.000000192. The number of halogens is 3. The van der Waals surface area contributed by atoms with E-state index in [1.807, 2.05) is 0 Å². The highest BCUT2D eigenvalue weighted by Crippen LogP contribution is 2.32. The van der Waals surface area contributed by atoms with Crippen LogP contribution in [0.2, 0.25) is 10.3 Å². The smallest absolute Gasteiger partial charge is 0.407 e. The molecule has 8 aromatic rings. The number of aromatic nitrogens is 8. The normalized spacial score (nSPS) is 12.2. The first-order chi connectivity index (χ1) is 26.1. The van der Waals surface area contributed by atoms with Crippen LogP contribution in [0.5, 0.6) is 0 Å². The van der Waals surface area contributed by atoms with Crippen molar-refractivity contribution < 1.29 is 26.4 Å². The lowest BCUT2D eigenvalue weighted by molar-refractivity contribution is 0.0528. The third-order valence-corrected chi connectivity index (χ3v) is 13.8. The molecule has 23 heteroatoms. The molecular weight excluding hydrogens is 867 g/mol. The number of hydrogen-bond acceptors (Lipinski definition) is 13. The van der Waals surface area contributed by atoms with E-state index >= 15 is 0 Å². The van der Waals surface area contributed by atoms with E-state index in [1.165, 1.54) is 51.8 Å². The minimum atomic E-state index is -4.04. The van der Waals surface area contributed by atoms with Gasteiger partial charge in [0.2, 0.25) is 10.1 Å². The number of rotatable bonds is 9. The summed E-state index contributed by atoms with van der Waals surface area (Å²) >= 11 is 14.9. The Morgan fingerprint density at radius 3 is 1.73 bits per heavy atom. The van der Waals surface area contributed by atoms with E-state index in [1.54, 1.807) is 80.8 Å². The molecule has 8 rings (SSSR count). The van der Waals surface area contributed by atoms with Crippen molar-refractivity contribution >= 4 is 116 Å². The molecule has 0 bridgehead atoms. The van der Waals surface area contributed by atoms with Crippen molar-refractivity contribution in [3.8, 4) is 0 Å². The first kappa shape index (κ1) is 41.4. The van der Waals surface area contributed by atoms with Crippen molar-refractivity contribution in [3.05, 3.63) is 93.9 Å². The summed E-state index contributed by atoms with van der Waals surface area (Å²) in [7, 11) is -7.97. The monoisotopic (exact) mass is 898 g/mol. The minimum Gasteiger partial charge on any atom is -0.444 e. The van der Waals surface area contributed by atoms with Gasteiger partial charge < -0.3 is 15.8 Å². The molecule has 56 heavy (non-hydrogen) atoms. The zero-order valence-electron chi connectivity index (χ0n) is 29.7. The largest absolute Gasteiger partial charge is 0.444 e. The van der Waals surface area contributed by atoms with Gasteiger partial charge >= 0.3 is 6.09 Å². The fourth-order valence-corrected chi connectivity index (χ4v) is 11.5. The van der Waals surface area contributed by atoms with Gasteiger partial charge in [0.25, 0.3) is 20.0 Å². The molecule has 0 saturated carbocycles. The van der Waals surface area contributed by atoms with Crippen LogP contribution in [-0.4, -0.2) is 78.3 Å². The highest BCUT2D eigenvalue weighted by atomic mass is 35.5. The van der Waals surface area contributed by atoms with Gasteiger partial charge in [-0.1, -0.05) is 23.2 Å². The zero-order chi connectivity index (χ0) is 39.3. The molecule has 0 aliphatic rings. The predicted octanol–water partition coefficient (Wildman–Crippen LogP) is 6.26. The Labute approximate surface area is 344 Å². The fraction of sp³-hybridized carbons (Fsp3) is 0.242. The molecule has 3 N–H and O–H groups in total. The number of nitrogens with zero attached hydrogens (tertiary/aromatic N) is 8. The van der Waals surface area contributed by atoms with Gasteiger partial charge in [0.1, 0.15) is 5.60 Å². The van der Waals surface area contributed by atoms with Gasteiger partial charge in [-0.15, -0.1) is 35.1 Å². The lowest BCUT2D eigenvalue weighted by atomic mass is 10.1. The summed E-state index contributed by atoms with van der Waals surface area (Å²) in [5.74, 6) is 0. The van der Waals surface area contributed by atoms with Gasteiger partial charge in [-0.2, -0.15) is 16.8 Å². The second-order valence-electron chi connectivity index (χ2n) is 12.9. The number of nitrogens with two attached hydrogens (primary N) is 1. The highest BCUT2D eigenvalue weighted by molar-refractivity contribution is 7.90. The number of thiazole rings is 2. The summed E-state index contributed by atoms with van der Waals surface area (Å²) in [4.78, 5) is 29.4. The van der Waals surface area contributed by atoms with E-state index < -0.39 is 31.7 Å². The Bertz CT molecular complexity index is 2940. The summed E-state index contributed by atoms with van der Waals surface area (Å²) in [6.07, 6.45) is 13.1. The quantitative estimate of drug-likeness (QED) is 0.166. The van der Waals surface area contributed by atoms with Crippen LogP contribution in [0.3, 0.4) is 0 Å². The van der Waals surface area contributed by atoms with Crippen LogP contribution < -0.4 is 11.1 Å². The number of amides is 1. The number of fused-ring (bicyclic) bond motifs is 4. The van der Waals surface area contributed by atoms with E-state index in [0.29, 0.717) is 51.3 Å². The van der Waals surface area contributed by atoms with Gasteiger partial charge in [0.15, 0.2) is 20.2 Å². The van der Waals surface area contributed by atoms with Gasteiger partial charge in [0.05, 0.1) is 11.0 Å². The summed E-state index contributed by atoms with van der Waals surface area (Å²) in [5.41, 5.74) is 7.57. The van der Waals surface area contributed by atoms with Gasteiger partial charge in [0, 0.05) is 77.7 Å². The van der Waals surface area contributed by atoms with Crippen molar-refractivity contribution in [1.82, 2.24) is 42.0 Å². The van der Waals surface area contributed by atoms with Crippen LogP contribution in [0.4, 0.5) is 4.79 Å². The SMILES string of the molecule is CC(C)(C)OC(=O)NCCc1cn(S(=O)(=O)c2c(Cl)nc3sccn23)c2ccncc12.Cl.NCCc1cn(S(=O)(=O)c2c(Cl)nc3sccn23)c2ccncc12. The maximum absolute atomic E-state index is 13.5. The van der Waals surface area contributed by atoms with Crippen LogP contribution in [0.1, 0.15) is 31.9 Å². The first-order valence-corrected chi connectivity index (χ1v) is 21.8. The summed E-state index contributed by atoms with van der Waals surface area (Å²) in [5, 5.41) is 7.33. The molecule has 0 aliphatic carbocycles. The minimum absolute atomic E-state index is 0. The number of carbonyl (C=O) groups excluding carboxylic acids is 1. The van der Waals surface area contributed by atoms with Crippen molar-refractivity contribution in [2.45, 2.75) is 49.3 Å². The number of imidazole rings is 2. The molecule has 296 valence electrons. The molecule has 16 nitrogen and oxygen atoms in total. The van der Waals surface area contributed by atoms with Crippen molar-refractivity contribution in [3.63, 3.8) is 0 Å². The van der Waals surface area contributed by atoms with Crippen LogP contribution in [0, 0.1) is 0 Å². The fourth-order valence-electron chi connectivity index (χ4n) is 5.90. The van der Waals surface area contributed by atoms with Crippen molar-refractivity contribution in [1.29, 1.82) is 0 Å². The van der Waals surface area contributed by atoms with E-state index in [4.69, 9.17) is 33.7 Å². The Kier molecular flexibility index (Phi) is 11.8. The molecule has 0 aliphatic heterocycles. The Morgan fingerprint density at radius 1 is 0.821 bits per heavy atom. The molecule has 0 unspecified atom stereocenters. The lowest BCUT2D eigenvalue weighted by Gasteiger charge is -2.19. The molecule has 8 aromatic heterocycles. The van der Waals surface area contributed by atoms with Crippen LogP contribution in [0.25, 0.3) is 31.7 Å². The average Bonchev–Trinajstić information content (AvgIpc) is 3.96. The number of alkyl carbamates (subject to hydrolysis) is 1. The Hall–Kier alpha value is -4.28. The molecular formula is C33H33Cl3N10O6S4. The van der Waals surface area contributed by atoms with Gasteiger partial charge in [-0.25, -0.2) is 22.7 Å². The second-order valence-corrected chi connectivity index (χ2v) is 18.9. The van der Waals surface area contributed by atoms with Crippen molar-refractivity contribution in [2.24, 2.45) is 5.73 Å². The second kappa shape index (κ2) is 15.9. The molecule has 0 atom stereocenters. The third kappa shape index (κ3) is 7.71. The van der Waals surface area contributed by atoms with Crippen molar-refractivity contribution in [2.75, 3.05) is 13.1 Å². The average molecular weight is 900 g/mol. The molecule has 1 amide bonds. The zero-order valence-corrected chi connectivity index (χ0v) is 35.3. The molecule has 0 radical (unpaired) electrons. The molecule has 0 fully saturated rings. The van der Waals surface area contributed by atoms with E-state index in [-0.39, 0.29) is 39.3 Å². The number of ether oxygens (including phenoxy) is 1. The van der Waals surface area contributed by atoms with Crippen LogP contribution in [-0.2, 0) is 37.6 Å². The molecule has 0 saturated heterocycles. The molecule has 8 heterocycles. The van der Waals surface area contributed by atoms with Gasteiger partial charge in [-0.3, -0.25) is 18.8 Å². The van der Waals surface area contributed by atoms with E-state index in [0.717, 1.165) is 10.9 Å². The summed E-state index contributed by atoms with van der Waals surface area (Å²) in [6.45, 7) is 6.02. The lowest BCUT2D eigenvalue weighted by Crippen LogP contribution is -2.33. The Morgan fingerprint density at radius 2 is 1.29 bits per heavy atom. The maximum atomic E-state index is 13.5. The number of pyridine rings is 2. The number of nitrogens with one attached hydrogen (secondary N) is 1. The van der Waals surface area contributed by atoms with E-state index in [2.05, 4.69) is 25.3 Å². The molecule has 0 spiro atoms. The standard InChI is InChI=1S/C19H20ClN5O4S2.C14H12ClN5O2S2.ClH/c1-19(2,3)29-18(26)22-7-4-12-11-25(14-5-6-21-10-13(12)14)31(27,28)16-15(20)23-17-24(16)8-9-30-17;15-12-13(19-5-6-23-14(19)18-12)24(21,22)20-8-9(1-3-16)10-7-17-4-2-11(10)20;/h5-6,8-11H,4,7H2,1-3H3,(H,22,26);2,4-8H,1,3,16H2;1H. The number of carbonyl (C=O) groups is 1.